The minimum atomic E-state index is -4.26. The first-order valence-electron chi connectivity index (χ1n) is 6.41. The van der Waals surface area contributed by atoms with Crippen LogP contribution >= 0.6 is 0 Å². The predicted molar refractivity (Wildman–Crippen MR) is 65.4 cm³/mol. The summed E-state index contributed by atoms with van der Waals surface area (Å²) >= 11 is 0. The van der Waals surface area contributed by atoms with Crippen LogP contribution in [0.25, 0.3) is 0 Å². The van der Waals surface area contributed by atoms with Crippen molar-refractivity contribution in [1.29, 1.82) is 0 Å². The van der Waals surface area contributed by atoms with E-state index in [9.17, 15) is 13.2 Å². The van der Waals surface area contributed by atoms with Gasteiger partial charge in [-0.3, -0.25) is 0 Å². The van der Waals surface area contributed by atoms with Crippen LogP contribution in [0.3, 0.4) is 0 Å². The van der Waals surface area contributed by atoms with Gasteiger partial charge >= 0.3 is 6.18 Å². The summed E-state index contributed by atoms with van der Waals surface area (Å²) in [4.78, 5) is 0. The summed E-state index contributed by atoms with van der Waals surface area (Å²) in [5.74, 6) is 0. The second-order valence-electron chi connectivity index (χ2n) is 4.80. The molecule has 2 rings (SSSR count). The fraction of sp³-hybridized carbons (Fsp3) is 0.571. The molecule has 1 N–H and O–H groups in total. The summed E-state index contributed by atoms with van der Waals surface area (Å²) in [6, 6.07) is 6.95. The second-order valence-corrected chi connectivity index (χ2v) is 4.80. The minimum absolute atomic E-state index is 0.126. The fourth-order valence-electron chi connectivity index (χ4n) is 2.87. The van der Waals surface area contributed by atoms with Crippen LogP contribution in [0.15, 0.2) is 24.3 Å². The molecule has 4 heteroatoms. The van der Waals surface area contributed by atoms with Crippen LogP contribution < -0.4 is 5.32 Å². The molecule has 1 atom stereocenters. The Balaban J connectivity index is 2.58. The molecule has 0 saturated heterocycles. The van der Waals surface area contributed by atoms with E-state index < -0.39 is 11.7 Å². The Hall–Kier alpha value is -1.03. The molecule has 1 aliphatic rings. The number of hydrogen-bond donors (Lipinski definition) is 1. The minimum Gasteiger partial charge on any atom is -0.300 e. The largest absolute Gasteiger partial charge is 0.410 e. The maximum Gasteiger partial charge on any atom is 0.410 e. The van der Waals surface area contributed by atoms with Gasteiger partial charge in [-0.15, -0.1) is 0 Å². The lowest BCUT2D eigenvalue weighted by Gasteiger charge is -2.37. The predicted octanol–water partition coefficient (Wildman–Crippen LogP) is 3.78. The van der Waals surface area contributed by atoms with Gasteiger partial charge in [0.05, 0.1) is 0 Å². The molecular formula is C14H18F3N. The quantitative estimate of drug-likeness (QED) is 0.795. The van der Waals surface area contributed by atoms with E-state index in [1.165, 1.54) is 0 Å². The third kappa shape index (κ3) is 2.14. The van der Waals surface area contributed by atoms with Crippen LogP contribution in [-0.2, 0) is 12.0 Å². The first-order valence-corrected chi connectivity index (χ1v) is 6.41. The fourth-order valence-corrected chi connectivity index (χ4v) is 2.87. The molecule has 0 amide bonds. The summed E-state index contributed by atoms with van der Waals surface area (Å²) in [7, 11) is 0. The zero-order valence-electron chi connectivity index (χ0n) is 10.5. The molecule has 1 aromatic rings. The van der Waals surface area contributed by atoms with Crippen LogP contribution in [-0.4, -0.2) is 12.7 Å². The molecule has 1 unspecified atom stereocenters. The van der Waals surface area contributed by atoms with Crippen molar-refractivity contribution in [2.75, 3.05) is 6.54 Å². The number of hydrogen-bond acceptors (Lipinski definition) is 1. The Bertz CT molecular complexity index is 414. The van der Waals surface area contributed by atoms with Crippen LogP contribution in [0.4, 0.5) is 13.2 Å². The van der Waals surface area contributed by atoms with E-state index in [1.807, 2.05) is 12.1 Å². The monoisotopic (exact) mass is 257 g/mol. The highest BCUT2D eigenvalue weighted by molar-refractivity contribution is 5.36. The summed E-state index contributed by atoms with van der Waals surface area (Å²) in [5, 5.41) is 2.71. The maximum absolute atomic E-state index is 13.6. The van der Waals surface area contributed by atoms with Gasteiger partial charge in [-0.25, -0.2) is 0 Å². The topological polar surface area (TPSA) is 12.0 Å². The molecule has 0 fully saturated rings. The van der Waals surface area contributed by atoms with Crippen molar-refractivity contribution >= 4 is 0 Å². The number of rotatable bonds is 2. The molecular weight excluding hydrogens is 239 g/mol. The van der Waals surface area contributed by atoms with E-state index in [4.69, 9.17) is 0 Å². The van der Waals surface area contributed by atoms with Gasteiger partial charge in [0.25, 0.3) is 0 Å². The van der Waals surface area contributed by atoms with Gasteiger partial charge in [-0.05, 0) is 36.9 Å². The lowest BCUT2D eigenvalue weighted by molar-refractivity contribution is -0.203. The molecule has 1 aliphatic carbocycles. The molecule has 0 heterocycles. The number of nitrogens with one attached hydrogen (secondary N) is 1. The van der Waals surface area contributed by atoms with Crippen molar-refractivity contribution < 1.29 is 13.2 Å². The highest BCUT2D eigenvalue weighted by Gasteiger charge is 2.56. The molecule has 18 heavy (non-hydrogen) atoms. The van der Waals surface area contributed by atoms with Gasteiger partial charge in [0.2, 0.25) is 0 Å². The Morgan fingerprint density at radius 1 is 1.22 bits per heavy atom. The van der Waals surface area contributed by atoms with Gasteiger partial charge in [0, 0.05) is 0 Å². The van der Waals surface area contributed by atoms with Crippen LogP contribution in [0, 0.1) is 0 Å². The van der Waals surface area contributed by atoms with Gasteiger partial charge < -0.3 is 5.32 Å². The zero-order chi connectivity index (χ0) is 13.2. The van der Waals surface area contributed by atoms with Crippen molar-refractivity contribution in [1.82, 2.24) is 5.32 Å². The number of halogens is 3. The Morgan fingerprint density at radius 3 is 2.61 bits per heavy atom. The smallest absolute Gasteiger partial charge is 0.300 e. The lowest BCUT2D eigenvalue weighted by Crippen LogP contribution is -2.54. The number of benzene rings is 1. The number of fused-ring (bicyclic) bond motifs is 1. The van der Waals surface area contributed by atoms with Gasteiger partial charge in [0.1, 0.15) is 5.54 Å². The Kier molecular flexibility index (Phi) is 3.66. The molecule has 0 saturated carbocycles. The SMILES string of the molecule is CCNC1(C(F)(F)F)CCCCc2ccccc21. The summed E-state index contributed by atoms with van der Waals surface area (Å²) in [5.41, 5.74) is -0.625. The molecule has 0 spiro atoms. The van der Waals surface area contributed by atoms with E-state index in [-0.39, 0.29) is 6.42 Å². The normalized spacial score (nSPS) is 24.4. The van der Waals surface area contributed by atoms with E-state index in [1.54, 1.807) is 19.1 Å². The van der Waals surface area contributed by atoms with Crippen molar-refractivity contribution in [3.8, 4) is 0 Å². The average molecular weight is 257 g/mol. The van der Waals surface area contributed by atoms with Crippen LogP contribution in [0.5, 0.6) is 0 Å². The van der Waals surface area contributed by atoms with Crippen molar-refractivity contribution in [2.45, 2.75) is 44.3 Å². The number of aryl methyl sites for hydroxylation is 1. The van der Waals surface area contributed by atoms with Crippen molar-refractivity contribution in [3.63, 3.8) is 0 Å². The third-order valence-electron chi connectivity index (χ3n) is 3.69. The second kappa shape index (κ2) is 4.92. The van der Waals surface area contributed by atoms with Crippen molar-refractivity contribution in [3.05, 3.63) is 35.4 Å². The lowest BCUT2D eigenvalue weighted by atomic mass is 9.83. The summed E-state index contributed by atoms with van der Waals surface area (Å²) < 4.78 is 40.7. The highest BCUT2D eigenvalue weighted by atomic mass is 19.4. The van der Waals surface area contributed by atoms with Crippen LogP contribution in [0.2, 0.25) is 0 Å². The molecule has 1 nitrogen and oxygen atoms in total. The van der Waals surface area contributed by atoms with E-state index in [0.29, 0.717) is 18.5 Å². The Labute approximate surface area is 105 Å². The molecule has 0 bridgehead atoms. The first kappa shape index (κ1) is 13.4. The highest BCUT2D eigenvalue weighted by Crippen LogP contribution is 2.45. The maximum atomic E-state index is 13.6. The molecule has 100 valence electrons. The van der Waals surface area contributed by atoms with E-state index >= 15 is 0 Å². The van der Waals surface area contributed by atoms with Gasteiger partial charge in [0.15, 0.2) is 0 Å². The average Bonchev–Trinajstić information content (AvgIpc) is 2.50. The zero-order valence-corrected chi connectivity index (χ0v) is 10.5. The molecule has 0 aromatic heterocycles. The van der Waals surface area contributed by atoms with Gasteiger partial charge in [-0.2, -0.15) is 13.2 Å². The first-order chi connectivity index (χ1) is 8.51. The third-order valence-corrected chi connectivity index (χ3v) is 3.69. The van der Waals surface area contributed by atoms with E-state index in [0.717, 1.165) is 18.4 Å². The Morgan fingerprint density at radius 2 is 1.94 bits per heavy atom. The number of alkyl halides is 3. The van der Waals surface area contributed by atoms with Crippen LogP contribution in [0.1, 0.15) is 37.3 Å². The van der Waals surface area contributed by atoms with Crippen molar-refractivity contribution in [2.24, 2.45) is 0 Å². The summed E-state index contributed by atoms with van der Waals surface area (Å²) in [6.45, 7) is 2.04. The molecule has 1 aromatic carbocycles. The standard InChI is InChI=1S/C14H18F3N/c1-2-18-13(14(15,16)17)10-6-5-8-11-7-3-4-9-12(11)13/h3-4,7,9,18H,2,5-6,8,10H2,1H3. The van der Waals surface area contributed by atoms with Gasteiger partial charge in [-0.1, -0.05) is 37.6 Å². The van der Waals surface area contributed by atoms with E-state index in [2.05, 4.69) is 5.32 Å². The summed E-state index contributed by atoms with van der Waals surface area (Å²) in [6.07, 6.45) is -1.98. The molecule has 0 aliphatic heterocycles. The molecule has 0 radical (unpaired) electrons.